The maximum absolute atomic E-state index is 13.9. The number of rotatable bonds is 4. The molecule has 0 amide bonds. The van der Waals surface area contributed by atoms with Gasteiger partial charge in [-0.2, -0.15) is 0 Å². The third-order valence-corrected chi connectivity index (χ3v) is 4.75. The van der Waals surface area contributed by atoms with E-state index >= 15 is 0 Å². The number of hydrogen-bond donors (Lipinski definition) is 1. The number of halogens is 3. The van der Waals surface area contributed by atoms with Crippen LogP contribution in [0, 0.1) is 11.7 Å². The summed E-state index contributed by atoms with van der Waals surface area (Å²) in [7, 11) is 1.87. The van der Waals surface area contributed by atoms with Crippen molar-refractivity contribution >= 4 is 27.5 Å². The normalized spacial score (nSPS) is 17.9. The number of benzene rings is 1. The van der Waals surface area contributed by atoms with Crippen LogP contribution in [-0.4, -0.2) is 7.05 Å². The summed E-state index contributed by atoms with van der Waals surface area (Å²) in [6.45, 7) is 0. The smallest absolute Gasteiger partial charge is 0.129 e. The van der Waals surface area contributed by atoms with Gasteiger partial charge in [-0.3, -0.25) is 0 Å². The molecule has 1 saturated carbocycles. The summed E-state index contributed by atoms with van der Waals surface area (Å²) < 4.78 is 14.5. The summed E-state index contributed by atoms with van der Waals surface area (Å²) in [4.78, 5) is 0. The fourth-order valence-electron chi connectivity index (χ4n) is 2.27. The SMILES string of the molecule is CNC(CC1CCC1)c1cc(Cl)c(Br)cc1F. The highest BCUT2D eigenvalue weighted by molar-refractivity contribution is 9.10. The quantitative estimate of drug-likeness (QED) is 0.793. The Kier molecular flexibility index (Phi) is 4.45. The zero-order valence-electron chi connectivity index (χ0n) is 9.77. The molecular formula is C13H16BrClFN. The third-order valence-electron chi connectivity index (χ3n) is 3.56. The van der Waals surface area contributed by atoms with Crippen molar-refractivity contribution in [3.8, 4) is 0 Å². The lowest BCUT2D eigenvalue weighted by atomic mass is 9.79. The molecule has 1 aliphatic carbocycles. The van der Waals surface area contributed by atoms with Crippen LogP contribution in [0.4, 0.5) is 4.39 Å². The van der Waals surface area contributed by atoms with Crippen LogP contribution in [0.5, 0.6) is 0 Å². The lowest BCUT2D eigenvalue weighted by molar-refractivity contribution is 0.263. The molecule has 1 nitrogen and oxygen atoms in total. The fraction of sp³-hybridized carbons (Fsp3) is 0.538. The zero-order chi connectivity index (χ0) is 12.4. The van der Waals surface area contributed by atoms with E-state index in [1.165, 1.54) is 25.3 Å². The van der Waals surface area contributed by atoms with Crippen LogP contribution < -0.4 is 5.32 Å². The Morgan fingerprint density at radius 2 is 2.24 bits per heavy atom. The number of hydrogen-bond acceptors (Lipinski definition) is 1. The van der Waals surface area contributed by atoms with E-state index in [2.05, 4.69) is 21.2 Å². The second kappa shape index (κ2) is 5.68. The molecule has 0 spiro atoms. The van der Waals surface area contributed by atoms with Crippen molar-refractivity contribution in [1.29, 1.82) is 0 Å². The molecule has 0 radical (unpaired) electrons. The van der Waals surface area contributed by atoms with Crippen LogP contribution >= 0.6 is 27.5 Å². The van der Waals surface area contributed by atoms with E-state index in [0.717, 1.165) is 12.3 Å². The first-order valence-corrected chi connectivity index (χ1v) is 7.10. The summed E-state index contributed by atoms with van der Waals surface area (Å²) >= 11 is 9.26. The molecule has 4 heteroatoms. The van der Waals surface area contributed by atoms with Crippen LogP contribution in [0.1, 0.15) is 37.3 Å². The maximum Gasteiger partial charge on any atom is 0.129 e. The monoisotopic (exact) mass is 319 g/mol. The van der Waals surface area contributed by atoms with Crippen molar-refractivity contribution in [2.45, 2.75) is 31.7 Å². The summed E-state index contributed by atoms with van der Waals surface area (Å²) in [6.07, 6.45) is 4.84. The van der Waals surface area contributed by atoms with Gasteiger partial charge in [-0.05, 0) is 47.4 Å². The molecule has 1 aliphatic rings. The average molecular weight is 321 g/mol. The molecular weight excluding hydrogens is 305 g/mol. The first kappa shape index (κ1) is 13.3. The van der Waals surface area contributed by atoms with Gasteiger partial charge < -0.3 is 5.32 Å². The minimum absolute atomic E-state index is 0.0610. The molecule has 0 saturated heterocycles. The highest BCUT2D eigenvalue weighted by atomic mass is 79.9. The van der Waals surface area contributed by atoms with Gasteiger partial charge in [0, 0.05) is 16.1 Å². The van der Waals surface area contributed by atoms with Crippen LogP contribution in [0.25, 0.3) is 0 Å². The van der Waals surface area contributed by atoms with Crippen LogP contribution in [0.3, 0.4) is 0 Å². The van der Waals surface area contributed by atoms with E-state index in [1.54, 1.807) is 6.07 Å². The topological polar surface area (TPSA) is 12.0 Å². The lowest BCUT2D eigenvalue weighted by Crippen LogP contribution is -2.24. The molecule has 17 heavy (non-hydrogen) atoms. The van der Waals surface area contributed by atoms with Crippen molar-refractivity contribution in [1.82, 2.24) is 5.32 Å². The molecule has 1 fully saturated rings. The molecule has 94 valence electrons. The van der Waals surface area contributed by atoms with Crippen molar-refractivity contribution in [3.63, 3.8) is 0 Å². The Morgan fingerprint density at radius 3 is 2.76 bits per heavy atom. The van der Waals surface area contributed by atoms with E-state index < -0.39 is 0 Å². The van der Waals surface area contributed by atoms with Gasteiger partial charge in [0.25, 0.3) is 0 Å². The third kappa shape index (κ3) is 3.01. The summed E-state index contributed by atoms with van der Waals surface area (Å²) in [6, 6.07) is 3.23. The van der Waals surface area contributed by atoms with Crippen molar-refractivity contribution in [2.75, 3.05) is 7.05 Å². The van der Waals surface area contributed by atoms with Crippen molar-refractivity contribution in [2.24, 2.45) is 5.92 Å². The molecule has 0 heterocycles. The molecule has 1 unspecified atom stereocenters. The largest absolute Gasteiger partial charge is 0.313 e. The van der Waals surface area contributed by atoms with Crippen LogP contribution in [-0.2, 0) is 0 Å². The summed E-state index contributed by atoms with van der Waals surface area (Å²) in [5.41, 5.74) is 0.674. The van der Waals surface area contributed by atoms with Crippen LogP contribution in [0.2, 0.25) is 5.02 Å². The first-order valence-electron chi connectivity index (χ1n) is 5.93. The van der Waals surface area contributed by atoms with Gasteiger partial charge in [0.05, 0.1) is 5.02 Å². The first-order chi connectivity index (χ1) is 8.11. The second-order valence-electron chi connectivity index (χ2n) is 4.66. The Bertz CT molecular complexity index is 407. The van der Waals surface area contributed by atoms with E-state index in [1.807, 2.05) is 7.05 Å². The Morgan fingerprint density at radius 1 is 1.53 bits per heavy atom. The molecule has 2 rings (SSSR count). The van der Waals surface area contributed by atoms with E-state index in [-0.39, 0.29) is 11.9 Å². The van der Waals surface area contributed by atoms with Crippen molar-refractivity contribution < 1.29 is 4.39 Å². The summed E-state index contributed by atoms with van der Waals surface area (Å²) in [5, 5.41) is 3.76. The Labute approximate surface area is 115 Å². The lowest BCUT2D eigenvalue weighted by Gasteiger charge is -2.30. The minimum Gasteiger partial charge on any atom is -0.313 e. The molecule has 1 aromatic carbocycles. The predicted molar refractivity (Wildman–Crippen MR) is 72.9 cm³/mol. The Hall–Kier alpha value is -0.120. The van der Waals surface area contributed by atoms with Gasteiger partial charge in [0.2, 0.25) is 0 Å². The number of nitrogens with one attached hydrogen (secondary N) is 1. The van der Waals surface area contributed by atoms with Crippen LogP contribution in [0.15, 0.2) is 16.6 Å². The van der Waals surface area contributed by atoms with Gasteiger partial charge in [-0.25, -0.2) is 4.39 Å². The van der Waals surface area contributed by atoms with Gasteiger partial charge in [0.15, 0.2) is 0 Å². The fourth-order valence-corrected chi connectivity index (χ4v) is 2.75. The van der Waals surface area contributed by atoms with Gasteiger partial charge in [0.1, 0.15) is 5.82 Å². The zero-order valence-corrected chi connectivity index (χ0v) is 12.1. The predicted octanol–water partition coefficient (Wildman–Crippen LogP) is 4.69. The average Bonchev–Trinajstić information content (AvgIpc) is 2.23. The van der Waals surface area contributed by atoms with Gasteiger partial charge in [-0.15, -0.1) is 0 Å². The molecule has 0 aliphatic heterocycles. The maximum atomic E-state index is 13.9. The molecule has 0 bridgehead atoms. The molecule has 1 N–H and O–H groups in total. The standard InChI is InChI=1S/C13H16BrClFN/c1-17-13(5-8-3-2-4-8)9-6-11(15)10(14)7-12(9)16/h6-8,13,17H,2-5H2,1H3. The molecule has 1 aromatic rings. The van der Waals surface area contributed by atoms with E-state index in [4.69, 9.17) is 11.6 Å². The van der Waals surface area contributed by atoms with E-state index in [9.17, 15) is 4.39 Å². The summed E-state index contributed by atoms with van der Waals surface area (Å²) in [5.74, 6) is 0.536. The van der Waals surface area contributed by atoms with Gasteiger partial charge >= 0.3 is 0 Å². The van der Waals surface area contributed by atoms with Gasteiger partial charge in [-0.1, -0.05) is 30.9 Å². The highest BCUT2D eigenvalue weighted by Crippen LogP contribution is 2.37. The minimum atomic E-state index is -0.194. The Balaban J connectivity index is 2.19. The van der Waals surface area contributed by atoms with Crippen molar-refractivity contribution in [3.05, 3.63) is 33.0 Å². The molecule has 1 atom stereocenters. The van der Waals surface area contributed by atoms with E-state index in [0.29, 0.717) is 15.1 Å². The highest BCUT2D eigenvalue weighted by Gasteiger charge is 2.24. The second-order valence-corrected chi connectivity index (χ2v) is 5.92. The molecule has 0 aromatic heterocycles.